The standard InChI is InChI=1S/C27H38N4O5/c1-4-33-22-18-20(19-23(34-5-2)26(22)35-6-3)27(32)31-16-14-30(15-17-31)24-12-13-25(29-28-24)36-21-10-8-7-9-11-21/h12-13,18-19,21H,4-11,14-17H2,1-3H3. The molecule has 196 valence electrons. The minimum absolute atomic E-state index is 0.0538. The lowest BCUT2D eigenvalue weighted by molar-refractivity contribution is 0.0745. The Kier molecular flexibility index (Phi) is 9.08. The van der Waals surface area contributed by atoms with Crippen LogP contribution in [0.2, 0.25) is 0 Å². The molecule has 0 spiro atoms. The number of benzene rings is 1. The first-order valence-electron chi connectivity index (χ1n) is 13.2. The van der Waals surface area contributed by atoms with E-state index < -0.39 is 0 Å². The lowest BCUT2D eigenvalue weighted by Gasteiger charge is -2.35. The number of carbonyl (C=O) groups is 1. The molecule has 1 aliphatic carbocycles. The zero-order valence-corrected chi connectivity index (χ0v) is 21.7. The fourth-order valence-electron chi connectivity index (χ4n) is 4.73. The van der Waals surface area contributed by atoms with Gasteiger partial charge in [0.1, 0.15) is 6.10 Å². The summed E-state index contributed by atoms with van der Waals surface area (Å²) in [4.78, 5) is 17.4. The maximum Gasteiger partial charge on any atom is 0.254 e. The van der Waals surface area contributed by atoms with Crippen molar-refractivity contribution in [2.45, 2.75) is 59.0 Å². The molecule has 1 aromatic heterocycles. The molecule has 0 atom stereocenters. The lowest BCUT2D eigenvalue weighted by atomic mass is 9.98. The topological polar surface area (TPSA) is 86.3 Å². The van der Waals surface area contributed by atoms with Gasteiger partial charge in [0.05, 0.1) is 19.8 Å². The van der Waals surface area contributed by atoms with Crippen LogP contribution in [0.4, 0.5) is 5.82 Å². The normalized spacial score (nSPS) is 16.5. The van der Waals surface area contributed by atoms with Crippen LogP contribution in [0, 0.1) is 0 Å². The number of amides is 1. The predicted molar refractivity (Wildman–Crippen MR) is 138 cm³/mol. The van der Waals surface area contributed by atoms with Gasteiger partial charge in [-0.15, -0.1) is 10.2 Å². The van der Waals surface area contributed by atoms with E-state index in [1.54, 1.807) is 12.1 Å². The highest BCUT2D eigenvalue weighted by molar-refractivity contribution is 5.95. The fourth-order valence-corrected chi connectivity index (χ4v) is 4.73. The van der Waals surface area contributed by atoms with Crippen LogP contribution >= 0.6 is 0 Å². The molecule has 2 heterocycles. The van der Waals surface area contributed by atoms with Gasteiger partial charge in [0.15, 0.2) is 17.3 Å². The Morgan fingerprint density at radius 2 is 1.50 bits per heavy atom. The van der Waals surface area contributed by atoms with Gasteiger partial charge in [-0.2, -0.15) is 0 Å². The quantitative estimate of drug-likeness (QED) is 0.478. The van der Waals surface area contributed by atoms with Crippen LogP contribution in [0.25, 0.3) is 0 Å². The summed E-state index contributed by atoms with van der Waals surface area (Å²) >= 11 is 0. The van der Waals surface area contributed by atoms with Gasteiger partial charge in [-0.1, -0.05) is 6.42 Å². The molecular formula is C27H38N4O5. The molecule has 4 rings (SSSR count). The average molecular weight is 499 g/mol. The van der Waals surface area contributed by atoms with E-state index >= 15 is 0 Å². The number of nitrogens with zero attached hydrogens (tertiary/aromatic N) is 4. The number of ether oxygens (including phenoxy) is 4. The Morgan fingerprint density at radius 3 is 2.06 bits per heavy atom. The highest BCUT2D eigenvalue weighted by atomic mass is 16.5. The van der Waals surface area contributed by atoms with E-state index in [1.165, 1.54) is 19.3 Å². The van der Waals surface area contributed by atoms with Crippen LogP contribution in [0.15, 0.2) is 24.3 Å². The number of hydrogen-bond donors (Lipinski definition) is 0. The summed E-state index contributed by atoms with van der Waals surface area (Å²) in [5.41, 5.74) is 0.530. The van der Waals surface area contributed by atoms with Crippen molar-refractivity contribution < 1.29 is 23.7 Å². The summed E-state index contributed by atoms with van der Waals surface area (Å²) in [5, 5.41) is 8.68. The number of aromatic nitrogens is 2. The molecule has 1 saturated heterocycles. The molecule has 1 amide bonds. The Balaban J connectivity index is 1.38. The lowest BCUT2D eigenvalue weighted by Crippen LogP contribution is -2.49. The zero-order valence-electron chi connectivity index (χ0n) is 21.7. The van der Waals surface area contributed by atoms with Crippen LogP contribution in [0.3, 0.4) is 0 Å². The van der Waals surface area contributed by atoms with Crippen LogP contribution < -0.4 is 23.8 Å². The van der Waals surface area contributed by atoms with Gasteiger partial charge in [-0.3, -0.25) is 4.79 Å². The van der Waals surface area contributed by atoms with Crippen LogP contribution in [-0.2, 0) is 0 Å². The van der Waals surface area contributed by atoms with Gasteiger partial charge in [0, 0.05) is 37.8 Å². The largest absolute Gasteiger partial charge is 0.490 e. The Labute approximate surface area is 213 Å². The molecule has 1 aromatic carbocycles. The first-order valence-corrected chi connectivity index (χ1v) is 13.2. The number of carbonyl (C=O) groups excluding carboxylic acids is 1. The summed E-state index contributed by atoms with van der Waals surface area (Å²) in [5.74, 6) is 2.93. The number of anilines is 1. The predicted octanol–water partition coefficient (Wildman–Crippen LogP) is 4.35. The van der Waals surface area contributed by atoms with Gasteiger partial charge in [-0.25, -0.2) is 0 Å². The maximum atomic E-state index is 13.4. The molecule has 9 heteroatoms. The van der Waals surface area contributed by atoms with E-state index in [2.05, 4.69) is 15.1 Å². The van der Waals surface area contributed by atoms with Gasteiger partial charge < -0.3 is 28.7 Å². The van der Waals surface area contributed by atoms with Crippen molar-refractivity contribution in [1.29, 1.82) is 0 Å². The van der Waals surface area contributed by atoms with Crippen LogP contribution in [0.1, 0.15) is 63.2 Å². The molecule has 1 aliphatic heterocycles. The molecule has 2 fully saturated rings. The van der Waals surface area contributed by atoms with Gasteiger partial charge in [-0.05, 0) is 64.7 Å². The third kappa shape index (κ3) is 6.30. The van der Waals surface area contributed by atoms with Gasteiger partial charge in [0.25, 0.3) is 5.91 Å². The van der Waals surface area contributed by atoms with E-state index in [0.29, 0.717) is 74.7 Å². The van der Waals surface area contributed by atoms with Crippen molar-refractivity contribution in [3.05, 3.63) is 29.8 Å². The van der Waals surface area contributed by atoms with E-state index in [0.717, 1.165) is 18.7 Å². The number of hydrogen-bond acceptors (Lipinski definition) is 8. The average Bonchev–Trinajstić information content (AvgIpc) is 2.91. The molecule has 2 aliphatic rings. The Hall–Kier alpha value is -3.23. The highest BCUT2D eigenvalue weighted by Crippen LogP contribution is 2.39. The van der Waals surface area contributed by atoms with Crippen LogP contribution in [-0.4, -0.2) is 73.1 Å². The molecule has 2 aromatic rings. The zero-order chi connectivity index (χ0) is 25.3. The second-order valence-electron chi connectivity index (χ2n) is 8.99. The maximum absolute atomic E-state index is 13.4. The minimum atomic E-state index is -0.0538. The first-order chi connectivity index (χ1) is 17.6. The first kappa shape index (κ1) is 25.9. The third-order valence-electron chi connectivity index (χ3n) is 6.51. The second kappa shape index (κ2) is 12.6. The number of piperazine rings is 1. The molecule has 9 nitrogen and oxygen atoms in total. The van der Waals surface area contributed by atoms with E-state index in [1.807, 2.05) is 37.8 Å². The second-order valence-corrected chi connectivity index (χ2v) is 8.99. The van der Waals surface area contributed by atoms with E-state index in [9.17, 15) is 4.79 Å². The summed E-state index contributed by atoms with van der Waals surface area (Å²) in [6, 6.07) is 7.36. The number of rotatable bonds is 10. The third-order valence-corrected chi connectivity index (χ3v) is 6.51. The van der Waals surface area contributed by atoms with Crippen molar-refractivity contribution in [2.24, 2.45) is 0 Å². The van der Waals surface area contributed by atoms with Crippen molar-refractivity contribution in [1.82, 2.24) is 15.1 Å². The summed E-state index contributed by atoms with van der Waals surface area (Å²) in [6.07, 6.45) is 6.16. The Bertz CT molecular complexity index is 959. The molecule has 1 saturated carbocycles. The van der Waals surface area contributed by atoms with Crippen molar-refractivity contribution >= 4 is 11.7 Å². The van der Waals surface area contributed by atoms with E-state index in [-0.39, 0.29) is 12.0 Å². The van der Waals surface area contributed by atoms with E-state index in [4.69, 9.17) is 18.9 Å². The molecule has 0 N–H and O–H groups in total. The highest BCUT2D eigenvalue weighted by Gasteiger charge is 2.26. The smallest absolute Gasteiger partial charge is 0.254 e. The SMILES string of the molecule is CCOc1cc(C(=O)N2CCN(c3ccc(OC4CCCCC4)nn3)CC2)cc(OCC)c1OCC. The van der Waals surface area contributed by atoms with Crippen LogP contribution in [0.5, 0.6) is 23.1 Å². The summed E-state index contributed by atoms with van der Waals surface area (Å²) < 4.78 is 23.3. The molecular weight excluding hydrogens is 460 g/mol. The van der Waals surface area contributed by atoms with Crippen molar-refractivity contribution in [3.8, 4) is 23.1 Å². The van der Waals surface area contributed by atoms with Crippen molar-refractivity contribution in [3.63, 3.8) is 0 Å². The van der Waals surface area contributed by atoms with Gasteiger partial charge in [0.2, 0.25) is 11.6 Å². The van der Waals surface area contributed by atoms with Gasteiger partial charge >= 0.3 is 0 Å². The summed E-state index contributed by atoms with van der Waals surface area (Å²) in [7, 11) is 0. The summed E-state index contributed by atoms with van der Waals surface area (Å²) in [6.45, 7) is 9.65. The van der Waals surface area contributed by atoms with Crippen molar-refractivity contribution in [2.75, 3.05) is 50.9 Å². The molecule has 0 unspecified atom stereocenters. The minimum Gasteiger partial charge on any atom is -0.490 e. The monoisotopic (exact) mass is 498 g/mol. The Morgan fingerprint density at radius 1 is 0.861 bits per heavy atom. The molecule has 0 bridgehead atoms. The fraction of sp³-hybridized carbons (Fsp3) is 0.593. The molecule has 0 radical (unpaired) electrons. The molecule has 36 heavy (non-hydrogen) atoms.